The number of H-pyrrole nitrogens is 1. The second-order valence-corrected chi connectivity index (χ2v) is 3.84. The average molecular weight is 227 g/mol. The molecule has 2 N–H and O–H groups in total. The molecular formula is C11H12ClFN2. The quantitative estimate of drug-likeness (QED) is 0.828. The van der Waals surface area contributed by atoms with E-state index >= 15 is 0 Å². The molecule has 0 aliphatic carbocycles. The van der Waals surface area contributed by atoms with Gasteiger partial charge in [0.05, 0.1) is 0 Å². The van der Waals surface area contributed by atoms with Crippen molar-refractivity contribution in [3.05, 3.63) is 34.7 Å². The Labute approximate surface area is 92.4 Å². The normalized spacial score (nSPS) is 11.1. The molecule has 1 aromatic heterocycles. The van der Waals surface area contributed by atoms with Gasteiger partial charge >= 0.3 is 0 Å². The van der Waals surface area contributed by atoms with Crippen molar-refractivity contribution in [2.45, 2.75) is 6.42 Å². The fourth-order valence-corrected chi connectivity index (χ4v) is 1.99. The first-order valence-corrected chi connectivity index (χ1v) is 5.20. The van der Waals surface area contributed by atoms with Crippen LogP contribution < -0.4 is 5.32 Å². The maximum absolute atomic E-state index is 13.0. The number of hydrogen-bond donors (Lipinski definition) is 2. The van der Waals surface area contributed by atoms with Crippen molar-refractivity contribution in [2.24, 2.45) is 0 Å². The molecule has 0 atom stereocenters. The summed E-state index contributed by atoms with van der Waals surface area (Å²) in [7, 11) is 1.89. The van der Waals surface area contributed by atoms with Gasteiger partial charge in [0.25, 0.3) is 0 Å². The number of rotatable bonds is 3. The van der Waals surface area contributed by atoms with E-state index in [0.29, 0.717) is 5.15 Å². The van der Waals surface area contributed by atoms with Gasteiger partial charge in [-0.25, -0.2) is 4.39 Å². The van der Waals surface area contributed by atoms with E-state index in [9.17, 15) is 4.39 Å². The van der Waals surface area contributed by atoms with Crippen molar-refractivity contribution < 1.29 is 4.39 Å². The molecule has 0 fully saturated rings. The first kappa shape index (κ1) is 10.5. The minimum atomic E-state index is -0.249. The van der Waals surface area contributed by atoms with Crippen LogP contribution in [0.4, 0.5) is 4.39 Å². The van der Waals surface area contributed by atoms with Crippen molar-refractivity contribution >= 4 is 22.5 Å². The number of aromatic amines is 1. The highest BCUT2D eigenvalue weighted by Crippen LogP contribution is 2.26. The third-order valence-electron chi connectivity index (χ3n) is 2.44. The van der Waals surface area contributed by atoms with E-state index in [4.69, 9.17) is 11.6 Å². The summed E-state index contributed by atoms with van der Waals surface area (Å²) in [5.41, 5.74) is 1.80. The fraction of sp³-hybridized carbons (Fsp3) is 0.273. The Hall–Kier alpha value is -1.06. The Morgan fingerprint density at radius 3 is 3.00 bits per heavy atom. The van der Waals surface area contributed by atoms with Gasteiger partial charge in [0.15, 0.2) is 0 Å². The molecule has 2 nitrogen and oxygen atoms in total. The number of aromatic nitrogens is 1. The molecule has 15 heavy (non-hydrogen) atoms. The molecule has 0 radical (unpaired) electrons. The summed E-state index contributed by atoms with van der Waals surface area (Å²) in [4.78, 5) is 2.97. The maximum atomic E-state index is 13.0. The first-order valence-electron chi connectivity index (χ1n) is 4.82. The van der Waals surface area contributed by atoms with Crippen LogP contribution in [-0.4, -0.2) is 18.6 Å². The Morgan fingerprint density at radius 2 is 2.27 bits per heavy atom. The van der Waals surface area contributed by atoms with Gasteiger partial charge in [0.2, 0.25) is 0 Å². The predicted molar refractivity (Wildman–Crippen MR) is 60.9 cm³/mol. The fourth-order valence-electron chi connectivity index (χ4n) is 1.69. The molecule has 0 saturated carbocycles. The highest BCUT2D eigenvalue weighted by Gasteiger charge is 2.09. The number of nitrogens with one attached hydrogen (secondary N) is 2. The molecule has 0 aliphatic rings. The lowest BCUT2D eigenvalue weighted by Crippen LogP contribution is -2.10. The summed E-state index contributed by atoms with van der Waals surface area (Å²) < 4.78 is 13.0. The van der Waals surface area contributed by atoms with E-state index < -0.39 is 0 Å². The van der Waals surface area contributed by atoms with E-state index in [1.54, 1.807) is 6.07 Å². The third kappa shape index (κ3) is 1.98. The van der Waals surface area contributed by atoms with E-state index in [1.165, 1.54) is 12.1 Å². The lowest BCUT2D eigenvalue weighted by atomic mass is 10.1. The smallest absolute Gasteiger partial charge is 0.125 e. The summed E-state index contributed by atoms with van der Waals surface area (Å²) in [5, 5.41) is 4.66. The van der Waals surface area contributed by atoms with Gasteiger partial charge in [-0.3, -0.25) is 0 Å². The molecule has 1 aromatic carbocycles. The second kappa shape index (κ2) is 4.21. The Balaban J connectivity index is 2.48. The minimum absolute atomic E-state index is 0.249. The van der Waals surface area contributed by atoms with Crippen LogP contribution in [0.15, 0.2) is 18.2 Å². The monoisotopic (exact) mass is 226 g/mol. The minimum Gasteiger partial charge on any atom is -0.345 e. The van der Waals surface area contributed by atoms with E-state index in [0.717, 1.165) is 29.4 Å². The zero-order chi connectivity index (χ0) is 10.8. The van der Waals surface area contributed by atoms with Crippen LogP contribution in [0.25, 0.3) is 10.9 Å². The summed E-state index contributed by atoms with van der Waals surface area (Å²) >= 11 is 6.05. The Bertz CT molecular complexity index is 479. The van der Waals surface area contributed by atoms with Crippen molar-refractivity contribution in [3.8, 4) is 0 Å². The third-order valence-corrected chi connectivity index (χ3v) is 2.76. The zero-order valence-electron chi connectivity index (χ0n) is 8.40. The van der Waals surface area contributed by atoms with Gasteiger partial charge in [-0.05, 0) is 43.8 Å². The lowest BCUT2D eigenvalue weighted by molar-refractivity contribution is 0.629. The number of fused-ring (bicyclic) bond motifs is 1. The average Bonchev–Trinajstić information content (AvgIpc) is 2.50. The number of benzene rings is 1. The highest BCUT2D eigenvalue weighted by atomic mass is 35.5. The Kier molecular flexibility index (Phi) is 2.93. The number of hydrogen-bond acceptors (Lipinski definition) is 1. The summed E-state index contributed by atoms with van der Waals surface area (Å²) in [5.74, 6) is -0.249. The lowest BCUT2D eigenvalue weighted by Gasteiger charge is -1.99. The molecule has 0 aliphatic heterocycles. The van der Waals surface area contributed by atoms with Gasteiger partial charge in [-0.1, -0.05) is 11.6 Å². The SMILES string of the molecule is CNCCc1c(Cl)[nH]c2cc(F)ccc12. The summed E-state index contributed by atoms with van der Waals surface area (Å²) in [6.45, 7) is 0.851. The zero-order valence-corrected chi connectivity index (χ0v) is 9.16. The van der Waals surface area contributed by atoms with Crippen LogP contribution in [0, 0.1) is 5.82 Å². The molecule has 0 amide bonds. The van der Waals surface area contributed by atoms with Gasteiger partial charge < -0.3 is 10.3 Å². The molecule has 2 rings (SSSR count). The van der Waals surface area contributed by atoms with Crippen LogP contribution in [0.1, 0.15) is 5.56 Å². The second-order valence-electron chi connectivity index (χ2n) is 3.46. The van der Waals surface area contributed by atoms with Crippen molar-refractivity contribution in [1.82, 2.24) is 10.3 Å². The van der Waals surface area contributed by atoms with E-state index in [-0.39, 0.29) is 5.82 Å². The van der Waals surface area contributed by atoms with Crippen molar-refractivity contribution in [1.29, 1.82) is 0 Å². The number of likely N-dealkylation sites (N-methyl/N-ethyl adjacent to an activating group) is 1. The predicted octanol–water partition coefficient (Wildman–Crippen LogP) is 2.72. The van der Waals surface area contributed by atoms with Crippen LogP contribution in [0.5, 0.6) is 0 Å². The van der Waals surface area contributed by atoms with Crippen LogP contribution in [0.3, 0.4) is 0 Å². The molecule has 0 bridgehead atoms. The van der Waals surface area contributed by atoms with Crippen LogP contribution in [0.2, 0.25) is 5.15 Å². The van der Waals surface area contributed by atoms with Crippen molar-refractivity contribution in [2.75, 3.05) is 13.6 Å². The molecule has 0 saturated heterocycles. The molecule has 4 heteroatoms. The van der Waals surface area contributed by atoms with E-state index in [2.05, 4.69) is 10.3 Å². The topological polar surface area (TPSA) is 27.8 Å². The largest absolute Gasteiger partial charge is 0.345 e. The first-order chi connectivity index (χ1) is 7.22. The molecule has 2 aromatic rings. The van der Waals surface area contributed by atoms with Gasteiger partial charge in [0, 0.05) is 10.9 Å². The standard InChI is InChI=1S/C11H12ClFN2/c1-14-5-4-9-8-3-2-7(13)6-10(8)15-11(9)12/h2-3,6,14-15H,4-5H2,1H3. The maximum Gasteiger partial charge on any atom is 0.125 e. The highest BCUT2D eigenvalue weighted by molar-refractivity contribution is 6.31. The molecule has 80 valence electrons. The Morgan fingerprint density at radius 1 is 1.47 bits per heavy atom. The van der Waals surface area contributed by atoms with Gasteiger partial charge in [0.1, 0.15) is 11.0 Å². The van der Waals surface area contributed by atoms with Crippen molar-refractivity contribution in [3.63, 3.8) is 0 Å². The van der Waals surface area contributed by atoms with Gasteiger partial charge in [-0.15, -0.1) is 0 Å². The van der Waals surface area contributed by atoms with Crippen LogP contribution >= 0.6 is 11.6 Å². The summed E-state index contributed by atoms with van der Waals surface area (Å²) in [6, 6.07) is 4.68. The summed E-state index contributed by atoms with van der Waals surface area (Å²) in [6.07, 6.45) is 0.834. The molecular weight excluding hydrogens is 215 g/mol. The molecule has 0 unspecified atom stereocenters. The number of halogens is 2. The molecule has 1 heterocycles. The molecule has 0 spiro atoms. The van der Waals surface area contributed by atoms with Crippen LogP contribution in [-0.2, 0) is 6.42 Å². The van der Waals surface area contributed by atoms with Gasteiger partial charge in [-0.2, -0.15) is 0 Å². The van der Waals surface area contributed by atoms with E-state index in [1.807, 2.05) is 7.05 Å².